The molecule has 0 spiro atoms. The maximum Gasteiger partial charge on any atom is 0.122 e. The maximum atomic E-state index is 6.00. The van der Waals surface area contributed by atoms with Gasteiger partial charge in [0.05, 0.1) is 6.61 Å². The molecule has 0 N–H and O–H groups in total. The summed E-state index contributed by atoms with van der Waals surface area (Å²) < 4.78 is 6.00. The molecule has 0 unspecified atom stereocenters. The number of benzene rings is 1. The van der Waals surface area contributed by atoms with Gasteiger partial charge in [0.15, 0.2) is 0 Å². The number of ether oxygens (including phenoxy) is 1. The Morgan fingerprint density at radius 2 is 1.68 bits per heavy atom. The first-order valence-electron chi connectivity index (χ1n) is 9.04. The zero-order valence-electron chi connectivity index (χ0n) is 14.0. The molecule has 0 saturated carbocycles. The van der Waals surface area contributed by atoms with Crippen molar-refractivity contribution in [1.82, 2.24) is 4.90 Å². The van der Waals surface area contributed by atoms with Crippen LogP contribution in [0.3, 0.4) is 0 Å². The second-order valence-corrected chi connectivity index (χ2v) is 6.75. The summed E-state index contributed by atoms with van der Waals surface area (Å²) in [7, 11) is 0. The molecule has 3 nitrogen and oxygen atoms in total. The Balaban J connectivity index is 1.43. The van der Waals surface area contributed by atoms with E-state index in [-0.39, 0.29) is 0 Å². The van der Waals surface area contributed by atoms with Gasteiger partial charge in [-0.15, -0.1) is 0 Å². The van der Waals surface area contributed by atoms with Gasteiger partial charge in [0, 0.05) is 25.3 Å². The van der Waals surface area contributed by atoms with Gasteiger partial charge in [-0.1, -0.05) is 6.42 Å². The average molecular weight is 302 g/mol. The Hall–Kier alpha value is -1.22. The first kappa shape index (κ1) is 15.7. The number of hydrogen-bond acceptors (Lipinski definition) is 3. The zero-order chi connectivity index (χ0) is 15.2. The van der Waals surface area contributed by atoms with E-state index in [4.69, 9.17) is 4.74 Å². The van der Waals surface area contributed by atoms with Crippen LogP contribution in [0.1, 0.15) is 44.1 Å². The van der Waals surface area contributed by atoms with Crippen molar-refractivity contribution in [1.29, 1.82) is 0 Å². The maximum absolute atomic E-state index is 6.00. The Labute approximate surface area is 135 Å². The van der Waals surface area contributed by atoms with Crippen LogP contribution < -0.4 is 9.64 Å². The van der Waals surface area contributed by atoms with Crippen LogP contribution in [-0.4, -0.2) is 44.2 Å². The van der Waals surface area contributed by atoms with E-state index >= 15 is 0 Å². The fraction of sp³-hybridized carbons (Fsp3) is 0.684. The van der Waals surface area contributed by atoms with E-state index in [1.54, 1.807) is 0 Å². The average Bonchev–Trinajstić information content (AvgIpc) is 3.08. The molecule has 1 aromatic rings. The standard InChI is InChI=1S/C19H30N2O/c1-17-16-18(21-13-5-6-14-21)8-9-19(17)22-15-7-12-20-10-3-2-4-11-20/h8-9,16H,2-7,10-15H2,1H3. The van der Waals surface area contributed by atoms with Gasteiger partial charge < -0.3 is 14.5 Å². The van der Waals surface area contributed by atoms with E-state index in [1.807, 2.05) is 0 Å². The van der Waals surface area contributed by atoms with Gasteiger partial charge in [0.25, 0.3) is 0 Å². The molecule has 0 amide bonds. The number of hydrogen-bond donors (Lipinski definition) is 0. The van der Waals surface area contributed by atoms with Gasteiger partial charge in [0.1, 0.15) is 5.75 Å². The molecule has 3 rings (SSSR count). The lowest BCUT2D eigenvalue weighted by Crippen LogP contribution is -2.31. The minimum Gasteiger partial charge on any atom is -0.493 e. The Bertz CT molecular complexity index is 463. The van der Waals surface area contributed by atoms with Crippen LogP contribution in [0.2, 0.25) is 0 Å². The number of aryl methyl sites for hydroxylation is 1. The molecular weight excluding hydrogens is 272 g/mol. The largest absolute Gasteiger partial charge is 0.493 e. The van der Waals surface area contributed by atoms with Gasteiger partial charge in [-0.05, 0) is 75.9 Å². The Kier molecular flexibility index (Phi) is 5.60. The highest BCUT2D eigenvalue weighted by molar-refractivity contribution is 5.53. The second-order valence-electron chi connectivity index (χ2n) is 6.75. The zero-order valence-corrected chi connectivity index (χ0v) is 14.0. The summed E-state index contributed by atoms with van der Waals surface area (Å²) in [5.74, 6) is 1.06. The van der Waals surface area contributed by atoms with E-state index in [9.17, 15) is 0 Å². The fourth-order valence-corrected chi connectivity index (χ4v) is 3.62. The number of anilines is 1. The molecule has 0 radical (unpaired) electrons. The summed E-state index contributed by atoms with van der Waals surface area (Å²) >= 11 is 0. The highest BCUT2D eigenvalue weighted by Gasteiger charge is 2.13. The lowest BCUT2D eigenvalue weighted by molar-refractivity contribution is 0.204. The van der Waals surface area contributed by atoms with E-state index in [0.29, 0.717) is 0 Å². The van der Waals surface area contributed by atoms with Crippen molar-refractivity contribution in [3.8, 4) is 5.75 Å². The molecule has 0 aromatic heterocycles. The summed E-state index contributed by atoms with van der Waals surface area (Å²) in [5, 5.41) is 0. The van der Waals surface area contributed by atoms with Gasteiger partial charge in [0.2, 0.25) is 0 Å². The van der Waals surface area contributed by atoms with Crippen LogP contribution in [0, 0.1) is 6.92 Å². The number of rotatable bonds is 6. The molecule has 2 saturated heterocycles. The van der Waals surface area contributed by atoms with Crippen molar-refractivity contribution in [2.45, 2.75) is 45.4 Å². The number of likely N-dealkylation sites (tertiary alicyclic amines) is 1. The van der Waals surface area contributed by atoms with Crippen molar-refractivity contribution in [3.63, 3.8) is 0 Å². The summed E-state index contributed by atoms with van der Waals surface area (Å²) in [6.45, 7) is 9.16. The van der Waals surface area contributed by atoms with Crippen LogP contribution in [0.25, 0.3) is 0 Å². The van der Waals surface area contributed by atoms with Crippen LogP contribution >= 0.6 is 0 Å². The molecule has 2 aliphatic rings. The van der Waals surface area contributed by atoms with Crippen LogP contribution in [0.4, 0.5) is 5.69 Å². The third kappa shape index (κ3) is 4.16. The number of nitrogens with zero attached hydrogens (tertiary/aromatic N) is 2. The summed E-state index contributed by atoms with van der Waals surface area (Å²) in [4.78, 5) is 5.06. The summed E-state index contributed by atoms with van der Waals surface area (Å²) in [6.07, 6.45) is 7.94. The lowest BCUT2D eigenvalue weighted by Gasteiger charge is -2.26. The highest BCUT2D eigenvalue weighted by atomic mass is 16.5. The van der Waals surface area contributed by atoms with Crippen LogP contribution in [0.15, 0.2) is 18.2 Å². The van der Waals surface area contributed by atoms with E-state index in [1.165, 1.54) is 76.1 Å². The third-order valence-electron chi connectivity index (χ3n) is 4.95. The van der Waals surface area contributed by atoms with Crippen LogP contribution in [0.5, 0.6) is 5.75 Å². The molecule has 3 heteroatoms. The third-order valence-corrected chi connectivity index (χ3v) is 4.95. The predicted octanol–water partition coefficient (Wildman–Crippen LogP) is 3.85. The molecule has 22 heavy (non-hydrogen) atoms. The first-order chi connectivity index (χ1) is 10.8. The molecule has 2 heterocycles. The van der Waals surface area contributed by atoms with Crippen molar-refractivity contribution >= 4 is 5.69 Å². The molecule has 2 aliphatic heterocycles. The molecule has 0 bridgehead atoms. The second kappa shape index (κ2) is 7.87. The van der Waals surface area contributed by atoms with Crippen molar-refractivity contribution in [2.75, 3.05) is 44.2 Å². The molecule has 0 aliphatic carbocycles. The van der Waals surface area contributed by atoms with Crippen LogP contribution in [-0.2, 0) is 0 Å². The van der Waals surface area contributed by atoms with Gasteiger partial charge in [-0.25, -0.2) is 0 Å². The quantitative estimate of drug-likeness (QED) is 0.742. The lowest BCUT2D eigenvalue weighted by atomic mass is 10.1. The predicted molar refractivity (Wildman–Crippen MR) is 93.0 cm³/mol. The van der Waals surface area contributed by atoms with Crippen molar-refractivity contribution < 1.29 is 4.74 Å². The topological polar surface area (TPSA) is 15.7 Å². The minimum atomic E-state index is 0.834. The van der Waals surface area contributed by atoms with E-state index < -0.39 is 0 Å². The van der Waals surface area contributed by atoms with Crippen molar-refractivity contribution in [2.24, 2.45) is 0 Å². The normalized spacial score (nSPS) is 19.6. The molecule has 122 valence electrons. The van der Waals surface area contributed by atoms with Crippen molar-refractivity contribution in [3.05, 3.63) is 23.8 Å². The SMILES string of the molecule is Cc1cc(N2CCCC2)ccc1OCCCN1CCCCC1. The Morgan fingerprint density at radius 1 is 0.955 bits per heavy atom. The molecule has 2 fully saturated rings. The molecule has 1 aromatic carbocycles. The van der Waals surface area contributed by atoms with Gasteiger partial charge in [-0.2, -0.15) is 0 Å². The van der Waals surface area contributed by atoms with Gasteiger partial charge >= 0.3 is 0 Å². The summed E-state index contributed by atoms with van der Waals surface area (Å²) in [6, 6.07) is 6.66. The van der Waals surface area contributed by atoms with E-state index in [2.05, 4.69) is 34.9 Å². The monoisotopic (exact) mass is 302 g/mol. The smallest absolute Gasteiger partial charge is 0.122 e. The molecular formula is C19H30N2O. The van der Waals surface area contributed by atoms with E-state index in [0.717, 1.165) is 18.8 Å². The Morgan fingerprint density at radius 3 is 2.41 bits per heavy atom. The van der Waals surface area contributed by atoms with Gasteiger partial charge in [-0.3, -0.25) is 0 Å². The number of piperidine rings is 1. The fourth-order valence-electron chi connectivity index (χ4n) is 3.62. The molecule has 0 atom stereocenters. The summed E-state index contributed by atoms with van der Waals surface area (Å²) in [5.41, 5.74) is 2.62. The minimum absolute atomic E-state index is 0.834. The first-order valence-corrected chi connectivity index (χ1v) is 9.04. The highest BCUT2D eigenvalue weighted by Crippen LogP contribution is 2.26.